The standard InChI is InChI=1S/C11H19N3/c1-4-5-6-10(2)12-7-11-8-13-14(3)9-11/h4,8-10,12H,1,5-7H2,2-3H3/t10-/m0/s1. The number of rotatable bonds is 6. The molecule has 78 valence electrons. The van der Waals surface area contributed by atoms with Gasteiger partial charge in [-0.05, 0) is 19.8 Å². The molecule has 0 aliphatic heterocycles. The van der Waals surface area contributed by atoms with Gasteiger partial charge in [-0.1, -0.05) is 6.08 Å². The van der Waals surface area contributed by atoms with E-state index in [1.54, 1.807) is 0 Å². The Morgan fingerprint density at radius 2 is 2.50 bits per heavy atom. The van der Waals surface area contributed by atoms with Gasteiger partial charge in [0.15, 0.2) is 0 Å². The lowest BCUT2D eigenvalue weighted by Gasteiger charge is -2.11. The Balaban J connectivity index is 2.23. The molecule has 0 aliphatic rings. The van der Waals surface area contributed by atoms with Gasteiger partial charge in [-0.25, -0.2) is 0 Å². The second-order valence-electron chi connectivity index (χ2n) is 3.67. The molecule has 1 aromatic rings. The third kappa shape index (κ3) is 3.75. The first-order valence-electron chi connectivity index (χ1n) is 5.04. The topological polar surface area (TPSA) is 29.9 Å². The number of nitrogens with one attached hydrogen (secondary N) is 1. The monoisotopic (exact) mass is 193 g/mol. The van der Waals surface area contributed by atoms with Crippen molar-refractivity contribution in [1.29, 1.82) is 0 Å². The van der Waals surface area contributed by atoms with Crippen LogP contribution in [0.15, 0.2) is 25.0 Å². The lowest BCUT2D eigenvalue weighted by Crippen LogP contribution is -2.24. The SMILES string of the molecule is C=CCC[C@H](C)NCc1cnn(C)c1. The Bertz CT molecular complexity index is 278. The average molecular weight is 193 g/mol. The van der Waals surface area contributed by atoms with E-state index in [2.05, 4.69) is 23.9 Å². The summed E-state index contributed by atoms with van der Waals surface area (Å²) in [6.07, 6.45) is 8.10. The third-order valence-corrected chi connectivity index (χ3v) is 2.22. The summed E-state index contributed by atoms with van der Waals surface area (Å²) in [6.45, 7) is 6.80. The van der Waals surface area contributed by atoms with Crippen molar-refractivity contribution in [3.63, 3.8) is 0 Å². The van der Waals surface area contributed by atoms with Gasteiger partial charge in [0.05, 0.1) is 6.20 Å². The van der Waals surface area contributed by atoms with Crippen LogP contribution in [0, 0.1) is 0 Å². The minimum atomic E-state index is 0.535. The van der Waals surface area contributed by atoms with E-state index in [0.717, 1.165) is 19.4 Å². The van der Waals surface area contributed by atoms with Crippen LogP contribution in [0.3, 0.4) is 0 Å². The van der Waals surface area contributed by atoms with Crippen molar-refractivity contribution in [2.45, 2.75) is 32.4 Å². The average Bonchev–Trinajstić information content (AvgIpc) is 2.58. The van der Waals surface area contributed by atoms with Crippen molar-refractivity contribution >= 4 is 0 Å². The summed E-state index contributed by atoms with van der Waals surface area (Å²) in [5, 5.41) is 7.56. The zero-order valence-corrected chi connectivity index (χ0v) is 9.03. The number of aryl methyl sites for hydroxylation is 1. The number of hydrogen-bond donors (Lipinski definition) is 1. The van der Waals surface area contributed by atoms with Crippen LogP contribution in [0.25, 0.3) is 0 Å². The van der Waals surface area contributed by atoms with Crippen LogP contribution < -0.4 is 5.32 Å². The molecule has 1 heterocycles. The van der Waals surface area contributed by atoms with Crippen molar-refractivity contribution in [2.75, 3.05) is 0 Å². The molecule has 0 spiro atoms. The molecule has 0 unspecified atom stereocenters. The number of allylic oxidation sites excluding steroid dienone is 1. The van der Waals surface area contributed by atoms with E-state index in [4.69, 9.17) is 0 Å². The van der Waals surface area contributed by atoms with E-state index >= 15 is 0 Å². The van der Waals surface area contributed by atoms with E-state index in [1.165, 1.54) is 5.56 Å². The number of hydrogen-bond acceptors (Lipinski definition) is 2. The van der Waals surface area contributed by atoms with Crippen molar-refractivity contribution in [3.8, 4) is 0 Å². The second kappa shape index (κ2) is 5.60. The third-order valence-electron chi connectivity index (χ3n) is 2.22. The Morgan fingerprint density at radius 3 is 3.07 bits per heavy atom. The number of nitrogens with zero attached hydrogens (tertiary/aromatic N) is 2. The quantitative estimate of drug-likeness (QED) is 0.699. The molecule has 1 rings (SSSR count). The predicted octanol–water partition coefficient (Wildman–Crippen LogP) is 1.86. The summed E-state index contributed by atoms with van der Waals surface area (Å²) in [5.41, 5.74) is 1.23. The highest BCUT2D eigenvalue weighted by atomic mass is 15.2. The molecule has 0 aliphatic carbocycles. The van der Waals surface area contributed by atoms with Gasteiger partial charge >= 0.3 is 0 Å². The first-order valence-corrected chi connectivity index (χ1v) is 5.04. The molecule has 0 fully saturated rings. The summed E-state index contributed by atoms with van der Waals surface area (Å²) in [7, 11) is 1.94. The molecule has 1 atom stereocenters. The highest BCUT2D eigenvalue weighted by molar-refractivity contribution is 5.02. The van der Waals surface area contributed by atoms with Gasteiger partial charge in [-0.15, -0.1) is 6.58 Å². The zero-order chi connectivity index (χ0) is 10.4. The molecule has 0 amide bonds. The van der Waals surface area contributed by atoms with E-state index in [-0.39, 0.29) is 0 Å². The van der Waals surface area contributed by atoms with Crippen molar-refractivity contribution in [1.82, 2.24) is 15.1 Å². The molecule has 0 bridgehead atoms. The van der Waals surface area contributed by atoms with Crippen molar-refractivity contribution < 1.29 is 0 Å². The van der Waals surface area contributed by atoms with Crippen LogP contribution in [0.4, 0.5) is 0 Å². The maximum atomic E-state index is 4.12. The van der Waals surface area contributed by atoms with E-state index in [9.17, 15) is 0 Å². The molecular weight excluding hydrogens is 174 g/mol. The summed E-state index contributed by atoms with van der Waals surface area (Å²) < 4.78 is 1.82. The number of aromatic nitrogens is 2. The summed E-state index contributed by atoms with van der Waals surface area (Å²) >= 11 is 0. The fourth-order valence-electron chi connectivity index (χ4n) is 1.33. The highest BCUT2D eigenvalue weighted by Gasteiger charge is 2.01. The van der Waals surface area contributed by atoms with Crippen LogP contribution >= 0.6 is 0 Å². The molecule has 0 radical (unpaired) electrons. The summed E-state index contributed by atoms with van der Waals surface area (Å²) in [6, 6.07) is 0.535. The Morgan fingerprint density at radius 1 is 1.71 bits per heavy atom. The normalized spacial score (nSPS) is 12.7. The molecular formula is C11H19N3. The van der Waals surface area contributed by atoms with Crippen LogP contribution in [-0.2, 0) is 13.6 Å². The van der Waals surface area contributed by atoms with E-state index < -0.39 is 0 Å². The van der Waals surface area contributed by atoms with Gasteiger partial charge in [0, 0.05) is 31.4 Å². The molecule has 1 N–H and O–H groups in total. The van der Waals surface area contributed by atoms with Crippen LogP contribution in [0.2, 0.25) is 0 Å². The predicted molar refractivity (Wildman–Crippen MR) is 58.9 cm³/mol. The van der Waals surface area contributed by atoms with Gasteiger partial charge in [-0.2, -0.15) is 5.10 Å². The van der Waals surface area contributed by atoms with Crippen LogP contribution in [-0.4, -0.2) is 15.8 Å². The largest absolute Gasteiger partial charge is 0.310 e. The molecule has 0 saturated heterocycles. The molecule has 1 aromatic heterocycles. The second-order valence-corrected chi connectivity index (χ2v) is 3.67. The van der Waals surface area contributed by atoms with E-state index in [0.29, 0.717) is 6.04 Å². The first-order chi connectivity index (χ1) is 6.72. The maximum absolute atomic E-state index is 4.12. The molecule has 3 nitrogen and oxygen atoms in total. The van der Waals surface area contributed by atoms with Gasteiger partial charge in [-0.3, -0.25) is 4.68 Å². The van der Waals surface area contributed by atoms with E-state index in [1.807, 2.05) is 30.2 Å². The zero-order valence-electron chi connectivity index (χ0n) is 9.03. The first kappa shape index (κ1) is 11.0. The van der Waals surface area contributed by atoms with Gasteiger partial charge < -0.3 is 5.32 Å². The Hall–Kier alpha value is -1.09. The van der Waals surface area contributed by atoms with Gasteiger partial charge in [0.25, 0.3) is 0 Å². The molecule has 14 heavy (non-hydrogen) atoms. The molecule has 0 aromatic carbocycles. The molecule has 0 saturated carbocycles. The summed E-state index contributed by atoms with van der Waals surface area (Å²) in [5.74, 6) is 0. The fourth-order valence-corrected chi connectivity index (χ4v) is 1.33. The Labute approximate surface area is 85.8 Å². The van der Waals surface area contributed by atoms with Crippen LogP contribution in [0.1, 0.15) is 25.3 Å². The minimum absolute atomic E-state index is 0.535. The van der Waals surface area contributed by atoms with Crippen LogP contribution in [0.5, 0.6) is 0 Å². The lowest BCUT2D eigenvalue weighted by atomic mass is 10.2. The highest BCUT2D eigenvalue weighted by Crippen LogP contribution is 2.00. The smallest absolute Gasteiger partial charge is 0.0534 e. The fraction of sp³-hybridized carbons (Fsp3) is 0.545. The van der Waals surface area contributed by atoms with Gasteiger partial charge in [0.1, 0.15) is 0 Å². The lowest BCUT2D eigenvalue weighted by molar-refractivity contribution is 0.518. The van der Waals surface area contributed by atoms with Crippen molar-refractivity contribution in [3.05, 3.63) is 30.6 Å². The van der Waals surface area contributed by atoms with Crippen molar-refractivity contribution in [2.24, 2.45) is 7.05 Å². The Kier molecular flexibility index (Phi) is 4.40. The maximum Gasteiger partial charge on any atom is 0.0534 e. The minimum Gasteiger partial charge on any atom is -0.310 e. The van der Waals surface area contributed by atoms with Gasteiger partial charge in [0.2, 0.25) is 0 Å². The summed E-state index contributed by atoms with van der Waals surface area (Å²) in [4.78, 5) is 0. The molecule has 3 heteroatoms.